The molecule has 2 heterocycles. The molecule has 0 spiro atoms. The lowest BCUT2D eigenvalue weighted by atomic mass is 10.1. The van der Waals surface area contributed by atoms with Gasteiger partial charge in [-0.05, 0) is 12.0 Å². The van der Waals surface area contributed by atoms with Crippen LogP contribution >= 0.6 is 12.4 Å². The Labute approximate surface area is 130 Å². The highest BCUT2D eigenvalue weighted by Gasteiger charge is 2.18. The van der Waals surface area contributed by atoms with E-state index >= 15 is 0 Å². The Morgan fingerprint density at radius 2 is 2.10 bits per heavy atom. The minimum atomic E-state index is 0. The number of aromatic nitrogens is 2. The van der Waals surface area contributed by atoms with Gasteiger partial charge in [-0.15, -0.1) is 12.4 Å². The van der Waals surface area contributed by atoms with E-state index in [-0.39, 0.29) is 18.5 Å². The summed E-state index contributed by atoms with van der Waals surface area (Å²) in [6.45, 7) is 4.63. The summed E-state index contributed by atoms with van der Waals surface area (Å²) in [4.78, 5) is 4.44. The van der Waals surface area contributed by atoms with Crippen molar-refractivity contribution in [2.24, 2.45) is 0 Å². The van der Waals surface area contributed by atoms with Gasteiger partial charge in [-0.2, -0.15) is 4.98 Å². The molecular formula is C15H20ClN3O2. The van der Waals surface area contributed by atoms with Gasteiger partial charge in [0.25, 0.3) is 0 Å². The Bertz CT molecular complexity index is 550. The summed E-state index contributed by atoms with van der Waals surface area (Å²) < 4.78 is 10.9. The van der Waals surface area contributed by atoms with Crippen LogP contribution in [0.3, 0.4) is 0 Å². The number of benzene rings is 1. The third-order valence-corrected chi connectivity index (χ3v) is 3.50. The number of ether oxygens (including phenoxy) is 1. The molecule has 114 valence electrons. The number of nitrogens with one attached hydrogen (secondary N) is 1. The number of halogens is 1. The van der Waals surface area contributed by atoms with E-state index in [1.165, 1.54) is 5.56 Å². The van der Waals surface area contributed by atoms with Crippen molar-refractivity contribution in [1.29, 1.82) is 0 Å². The van der Waals surface area contributed by atoms with Crippen LogP contribution in [0, 0.1) is 0 Å². The summed E-state index contributed by atoms with van der Waals surface area (Å²) in [5.41, 5.74) is 2.29. The van der Waals surface area contributed by atoms with Gasteiger partial charge in [0.15, 0.2) is 0 Å². The molecule has 1 aromatic heterocycles. The number of morpholine rings is 1. The molecule has 1 unspecified atom stereocenters. The van der Waals surface area contributed by atoms with E-state index in [9.17, 15) is 0 Å². The first-order valence-electron chi connectivity index (χ1n) is 7.09. The van der Waals surface area contributed by atoms with Crippen LogP contribution in [0.4, 0.5) is 0 Å². The van der Waals surface area contributed by atoms with Crippen LogP contribution in [0.2, 0.25) is 0 Å². The third kappa shape index (κ3) is 4.03. The molecule has 1 fully saturated rings. The highest BCUT2D eigenvalue weighted by molar-refractivity contribution is 5.85. The molecular weight excluding hydrogens is 290 g/mol. The number of nitrogens with zero attached hydrogens (tertiary/aromatic N) is 2. The molecule has 5 nitrogen and oxygen atoms in total. The lowest BCUT2D eigenvalue weighted by molar-refractivity contribution is 0.0246. The Morgan fingerprint density at radius 1 is 1.29 bits per heavy atom. The summed E-state index contributed by atoms with van der Waals surface area (Å²) in [5.74, 6) is 1.28. The van der Waals surface area contributed by atoms with Crippen molar-refractivity contribution in [1.82, 2.24) is 15.5 Å². The quantitative estimate of drug-likeness (QED) is 0.938. The van der Waals surface area contributed by atoms with Gasteiger partial charge in [0.2, 0.25) is 11.7 Å². The van der Waals surface area contributed by atoms with E-state index in [1.807, 2.05) is 12.1 Å². The predicted octanol–water partition coefficient (Wildman–Crippen LogP) is 2.25. The number of rotatable bonds is 4. The van der Waals surface area contributed by atoms with E-state index in [2.05, 4.69) is 34.5 Å². The second-order valence-corrected chi connectivity index (χ2v) is 4.96. The molecule has 1 aliphatic heterocycles. The van der Waals surface area contributed by atoms with E-state index in [0.29, 0.717) is 18.1 Å². The van der Waals surface area contributed by atoms with Gasteiger partial charge in [-0.3, -0.25) is 0 Å². The van der Waals surface area contributed by atoms with Crippen molar-refractivity contribution in [3.63, 3.8) is 0 Å². The second-order valence-electron chi connectivity index (χ2n) is 4.96. The lowest BCUT2D eigenvalue weighted by Gasteiger charge is -2.21. The van der Waals surface area contributed by atoms with Gasteiger partial charge in [-0.25, -0.2) is 0 Å². The fourth-order valence-electron chi connectivity index (χ4n) is 2.29. The molecule has 1 saturated heterocycles. The van der Waals surface area contributed by atoms with Crippen molar-refractivity contribution in [3.8, 4) is 11.4 Å². The second kappa shape index (κ2) is 7.54. The first-order valence-corrected chi connectivity index (χ1v) is 7.09. The fraction of sp³-hybridized carbons (Fsp3) is 0.467. The zero-order chi connectivity index (χ0) is 13.8. The number of hydrogen-bond donors (Lipinski definition) is 1. The molecule has 0 bridgehead atoms. The minimum absolute atomic E-state index is 0. The highest BCUT2D eigenvalue weighted by Crippen LogP contribution is 2.17. The molecule has 6 heteroatoms. The number of hydrogen-bond acceptors (Lipinski definition) is 5. The normalized spacial score (nSPS) is 18.2. The molecule has 1 N–H and O–H groups in total. The van der Waals surface area contributed by atoms with Gasteiger partial charge in [0.1, 0.15) is 0 Å². The SMILES string of the molecule is CCc1ccc(-c2noc(CC3CNCCO3)n2)cc1.Cl. The Balaban J connectivity index is 0.00000161. The molecule has 0 amide bonds. The largest absolute Gasteiger partial charge is 0.375 e. The smallest absolute Gasteiger partial charge is 0.229 e. The van der Waals surface area contributed by atoms with Crippen LogP contribution in [0.5, 0.6) is 0 Å². The maximum Gasteiger partial charge on any atom is 0.229 e. The van der Waals surface area contributed by atoms with Crippen LogP contribution < -0.4 is 5.32 Å². The molecule has 3 rings (SSSR count). The monoisotopic (exact) mass is 309 g/mol. The maximum absolute atomic E-state index is 5.64. The fourth-order valence-corrected chi connectivity index (χ4v) is 2.29. The molecule has 0 aliphatic carbocycles. The van der Waals surface area contributed by atoms with Crippen LogP contribution in [0.25, 0.3) is 11.4 Å². The molecule has 21 heavy (non-hydrogen) atoms. The van der Waals surface area contributed by atoms with Crippen LogP contribution in [0.1, 0.15) is 18.4 Å². The predicted molar refractivity (Wildman–Crippen MR) is 82.7 cm³/mol. The van der Waals surface area contributed by atoms with Gasteiger partial charge in [-0.1, -0.05) is 36.3 Å². The van der Waals surface area contributed by atoms with E-state index in [4.69, 9.17) is 9.26 Å². The zero-order valence-corrected chi connectivity index (χ0v) is 12.9. The average molecular weight is 310 g/mol. The van der Waals surface area contributed by atoms with Gasteiger partial charge in [0.05, 0.1) is 19.1 Å². The van der Waals surface area contributed by atoms with E-state index in [0.717, 1.165) is 31.7 Å². The topological polar surface area (TPSA) is 60.2 Å². The van der Waals surface area contributed by atoms with Crippen LogP contribution in [-0.4, -0.2) is 35.9 Å². The van der Waals surface area contributed by atoms with Crippen molar-refractivity contribution in [2.45, 2.75) is 25.9 Å². The molecule has 1 aliphatic rings. The summed E-state index contributed by atoms with van der Waals surface area (Å²) in [6, 6.07) is 8.26. The Morgan fingerprint density at radius 3 is 2.76 bits per heavy atom. The molecule has 1 aromatic carbocycles. The van der Waals surface area contributed by atoms with E-state index in [1.54, 1.807) is 0 Å². The van der Waals surface area contributed by atoms with Crippen molar-refractivity contribution < 1.29 is 9.26 Å². The number of aryl methyl sites for hydroxylation is 1. The lowest BCUT2D eigenvalue weighted by Crippen LogP contribution is -2.39. The highest BCUT2D eigenvalue weighted by atomic mass is 35.5. The van der Waals surface area contributed by atoms with Crippen molar-refractivity contribution >= 4 is 12.4 Å². The first-order chi connectivity index (χ1) is 9.85. The minimum Gasteiger partial charge on any atom is -0.375 e. The van der Waals surface area contributed by atoms with Crippen molar-refractivity contribution in [3.05, 3.63) is 35.7 Å². The third-order valence-electron chi connectivity index (χ3n) is 3.50. The average Bonchev–Trinajstić information content (AvgIpc) is 2.97. The van der Waals surface area contributed by atoms with Crippen LogP contribution in [-0.2, 0) is 17.6 Å². The summed E-state index contributed by atoms with van der Waals surface area (Å²) in [7, 11) is 0. The molecule has 1 atom stereocenters. The van der Waals surface area contributed by atoms with Gasteiger partial charge < -0.3 is 14.6 Å². The first kappa shape index (κ1) is 15.9. The summed E-state index contributed by atoms with van der Waals surface area (Å²) in [5, 5.41) is 7.34. The van der Waals surface area contributed by atoms with Crippen molar-refractivity contribution in [2.75, 3.05) is 19.7 Å². The van der Waals surface area contributed by atoms with E-state index < -0.39 is 0 Å². The van der Waals surface area contributed by atoms with Gasteiger partial charge >= 0.3 is 0 Å². The zero-order valence-electron chi connectivity index (χ0n) is 12.0. The van der Waals surface area contributed by atoms with Gasteiger partial charge in [0, 0.05) is 18.7 Å². The molecule has 0 saturated carbocycles. The standard InChI is InChI=1S/C15H19N3O2.ClH/c1-2-11-3-5-12(6-4-11)15-17-14(20-18-15)9-13-10-16-7-8-19-13;/h3-6,13,16H,2,7-10H2,1H3;1H. The molecule has 2 aromatic rings. The maximum atomic E-state index is 5.64. The Hall–Kier alpha value is -1.43. The molecule has 0 radical (unpaired) electrons. The van der Waals surface area contributed by atoms with Crippen LogP contribution in [0.15, 0.2) is 28.8 Å². The summed E-state index contributed by atoms with van der Waals surface area (Å²) in [6.07, 6.45) is 1.82. The summed E-state index contributed by atoms with van der Waals surface area (Å²) >= 11 is 0. The Kier molecular flexibility index (Phi) is 5.73.